The van der Waals surface area contributed by atoms with Crippen molar-refractivity contribution in [2.24, 2.45) is 5.14 Å². The van der Waals surface area contributed by atoms with Crippen molar-refractivity contribution in [3.63, 3.8) is 0 Å². The molecule has 0 aromatic heterocycles. The molecule has 0 fully saturated rings. The number of sulfonamides is 1. The lowest BCUT2D eigenvalue weighted by atomic mass is 10.2. The van der Waals surface area contributed by atoms with Crippen molar-refractivity contribution in [3.8, 4) is 0 Å². The van der Waals surface area contributed by atoms with E-state index in [1.54, 1.807) is 0 Å². The number of primary sulfonamides is 1. The van der Waals surface area contributed by atoms with Gasteiger partial charge in [0.05, 0.1) is 15.5 Å². The van der Waals surface area contributed by atoms with Crippen LogP contribution in [0.5, 0.6) is 0 Å². The monoisotopic (exact) mass is 328 g/mol. The average molecular weight is 329 g/mol. The molecule has 0 atom stereocenters. The molecule has 3 N–H and O–H groups in total. The van der Waals surface area contributed by atoms with E-state index < -0.39 is 21.7 Å². The van der Waals surface area contributed by atoms with Crippen LogP contribution in [0.3, 0.4) is 0 Å². The lowest BCUT2D eigenvalue weighted by Gasteiger charge is -2.08. The van der Waals surface area contributed by atoms with Crippen LogP contribution in [0.1, 0.15) is 10.4 Å². The molecule has 1 amide bonds. The van der Waals surface area contributed by atoms with E-state index in [1.165, 1.54) is 36.4 Å². The molecule has 110 valence electrons. The minimum Gasteiger partial charge on any atom is -0.322 e. The molecule has 0 saturated carbocycles. The Kier molecular flexibility index (Phi) is 4.26. The van der Waals surface area contributed by atoms with Crippen molar-refractivity contribution >= 4 is 33.2 Å². The summed E-state index contributed by atoms with van der Waals surface area (Å²) < 4.78 is 35.3. The molecular weight excluding hydrogens is 319 g/mol. The fraction of sp³-hybridized carbons (Fsp3) is 0. The number of carbonyl (C=O) groups excluding carboxylic acids is 1. The molecule has 0 aliphatic heterocycles. The lowest BCUT2D eigenvalue weighted by Crippen LogP contribution is -2.16. The Morgan fingerprint density at radius 3 is 2.33 bits per heavy atom. The number of carbonyl (C=O) groups is 1. The van der Waals surface area contributed by atoms with E-state index in [9.17, 15) is 17.6 Å². The van der Waals surface area contributed by atoms with Crippen molar-refractivity contribution in [3.05, 3.63) is 58.9 Å². The van der Waals surface area contributed by atoms with Gasteiger partial charge in [-0.2, -0.15) is 0 Å². The Labute approximate surface area is 125 Å². The van der Waals surface area contributed by atoms with Crippen LogP contribution in [-0.2, 0) is 10.0 Å². The van der Waals surface area contributed by atoms with Crippen molar-refractivity contribution in [2.45, 2.75) is 4.90 Å². The Morgan fingerprint density at radius 1 is 1.14 bits per heavy atom. The van der Waals surface area contributed by atoms with Crippen LogP contribution in [0, 0.1) is 5.82 Å². The summed E-state index contributed by atoms with van der Waals surface area (Å²) >= 11 is 5.88. The van der Waals surface area contributed by atoms with Gasteiger partial charge in [-0.3, -0.25) is 4.79 Å². The number of rotatable bonds is 3. The predicted octanol–water partition coefficient (Wildman–Crippen LogP) is 2.38. The molecule has 5 nitrogen and oxygen atoms in total. The maximum atomic E-state index is 12.8. The van der Waals surface area contributed by atoms with Gasteiger partial charge in [-0.05, 0) is 42.5 Å². The molecule has 0 radical (unpaired) electrons. The van der Waals surface area contributed by atoms with E-state index in [0.29, 0.717) is 5.69 Å². The van der Waals surface area contributed by atoms with Crippen LogP contribution in [0.15, 0.2) is 47.4 Å². The summed E-state index contributed by atoms with van der Waals surface area (Å²) in [5, 5.41) is 7.55. The average Bonchev–Trinajstić information content (AvgIpc) is 2.40. The fourth-order valence-electron chi connectivity index (χ4n) is 1.59. The summed E-state index contributed by atoms with van der Waals surface area (Å²) in [4.78, 5) is 11.8. The zero-order valence-electron chi connectivity index (χ0n) is 10.5. The molecule has 0 bridgehead atoms. The molecule has 0 aliphatic carbocycles. The number of amides is 1. The summed E-state index contributed by atoms with van der Waals surface area (Å²) in [6.07, 6.45) is 0. The first kappa shape index (κ1) is 15.4. The summed E-state index contributed by atoms with van der Waals surface area (Å²) in [7, 11) is -3.94. The highest BCUT2D eigenvalue weighted by Gasteiger charge is 2.16. The zero-order chi connectivity index (χ0) is 15.6. The fourth-order valence-corrected chi connectivity index (χ4v) is 2.33. The van der Waals surface area contributed by atoms with Gasteiger partial charge in [0.25, 0.3) is 5.91 Å². The normalized spacial score (nSPS) is 11.2. The van der Waals surface area contributed by atoms with Crippen molar-refractivity contribution in [1.29, 1.82) is 0 Å². The van der Waals surface area contributed by atoms with Gasteiger partial charge in [0.15, 0.2) is 0 Å². The van der Waals surface area contributed by atoms with E-state index in [0.717, 1.165) is 6.07 Å². The maximum Gasteiger partial charge on any atom is 0.257 e. The van der Waals surface area contributed by atoms with Gasteiger partial charge in [-0.15, -0.1) is 0 Å². The molecule has 21 heavy (non-hydrogen) atoms. The lowest BCUT2D eigenvalue weighted by molar-refractivity contribution is 0.102. The smallest absolute Gasteiger partial charge is 0.257 e. The second-order valence-electron chi connectivity index (χ2n) is 4.15. The van der Waals surface area contributed by atoms with Crippen molar-refractivity contribution in [2.75, 3.05) is 5.32 Å². The first-order valence-electron chi connectivity index (χ1n) is 5.66. The third kappa shape index (κ3) is 3.78. The minimum atomic E-state index is -3.94. The molecule has 2 aromatic carbocycles. The SMILES string of the molecule is NS(=O)(=O)c1ccc(Cl)c(C(=O)Nc2ccc(F)cc2)c1. The van der Waals surface area contributed by atoms with Crippen molar-refractivity contribution < 1.29 is 17.6 Å². The van der Waals surface area contributed by atoms with E-state index in [1.807, 2.05) is 0 Å². The summed E-state index contributed by atoms with van der Waals surface area (Å²) in [5.74, 6) is -1.07. The van der Waals surface area contributed by atoms with E-state index in [2.05, 4.69) is 5.32 Å². The molecule has 0 aliphatic rings. The standard InChI is InChI=1S/C13H10ClFN2O3S/c14-12-6-5-10(21(16,19)20)7-11(12)13(18)17-9-3-1-8(15)2-4-9/h1-7H,(H,17,18)(H2,16,19,20). The third-order valence-corrected chi connectivity index (χ3v) is 3.85. The number of hydrogen-bond donors (Lipinski definition) is 2. The van der Waals surface area contributed by atoms with E-state index >= 15 is 0 Å². The van der Waals surface area contributed by atoms with Crippen LogP contribution in [-0.4, -0.2) is 14.3 Å². The predicted molar refractivity (Wildman–Crippen MR) is 77.2 cm³/mol. The second kappa shape index (κ2) is 5.80. The van der Waals surface area contributed by atoms with Crippen LogP contribution >= 0.6 is 11.6 Å². The number of hydrogen-bond acceptors (Lipinski definition) is 3. The molecule has 2 rings (SSSR count). The van der Waals surface area contributed by atoms with E-state index in [-0.39, 0.29) is 15.5 Å². The highest BCUT2D eigenvalue weighted by molar-refractivity contribution is 7.89. The summed E-state index contributed by atoms with van der Waals surface area (Å²) in [5.41, 5.74) is 0.297. The van der Waals surface area contributed by atoms with Gasteiger partial charge in [-0.25, -0.2) is 17.9 Å². The highest BCUT2D eigenvalue weighted by Crippen LogP contribution is 2.21. The summed E-state index contributed by atoms with van der Waals surface area (Å²) in [6.45, 7) is 0. The van der Waals surface area contributed by atoms with E-state index in [4.69, 9.17) is 16.7 Å². The third-order valence-electron chi connectivity index (χ3n) is 2.61. The number of nitrogens with one attached hydrogen (secondary N) is 1. The number of nitrogens with two attached hydrogens (primary N) is 1. The van der Waals surface area contributed by atoms with Gasteiger partial charge in [0.2, 0.25) is 10.0 Å². The first-order chi connectivity index (χ1) is 9.77. The summed E-state index contributed by atoms with van der Waals surface area (Å²) in [6, 6.07) is 8.63. The number of halogens is 2. The molecule has 0 unspecified atom stereocenters. The largest absolute Gasteiger partial charge is 0.322 e. The van der Waals surface area contributed by atoms with Crippen LogP contribution < -0.4 is 10.5 Å². The Hall–Kier alpha value is -1.96. The van der Waals surface area contributed by atoms with Gasteiger partial charge in [-0.1, -0.05) is 11.6 Å². The number of benzene rings is 2. The second-order valence-corrected chi connectivity index (χ2v) is 6.12. The minimum absolute atomic E-state index is 0.0486. The Morgan fingerprint density at radius 2 is 1.76 bits per heavy atom. The van der Waals surface area contributed by atoms with Gasteiger partial charge in [0.1, 0.15) is 5.82 Å². The quantitative estimate of drug-likeness (QED) is 0.906. The zero-order valence-corrected chi connectivity index (χ0v) is 12.1. The van der Waals surface area contributed by atoms with Crippen LogP contribution in [0.4, 0.5) is 10.1 Å². The van der Waals surface area contributed by atoms with Gasteiger partial charge in [0, 0.05) is 5.69 Å². The molecule has 2 aromatic rings. The van der Waals surface area contributed by atoms with Crippen molar-refractivity contribution in [1.82, 2.24) is 0 Å². The first-order valence-corrected chi connectivity index (χ1v) is 7.59. The Bertz CT molecular complexity index is 792. The molecule has 0 saturated heterocycles. The topological polar surface area (TPSA) is 89.3 Å². The van der Waals surface area contributed by atoms with Crippen LogP contribution in [0.25, 0.3) is 0 Å². The molecule has 8 heteroatoms. The van der Waals surface area contributed by atoms with Gasteiger partial charge >= 0.3 is 0 Å². The molecular formula is C13H10ClFN2O3S. The maximum absolute atomic E-state index is 12.8. The van der Waals surface area contributed by atoms with Gasteiger partial charge < -0.3 is 5.32 Å². The number of anilines is 1. The van der Waals surface area contributed by atoms with Crippen LogP contribution in [0.2, 0.25) is 5.02 Å². The molecule has 0 heterocycles. The Balaban J connectivity index is 2.32. The molecule has 0 spiro atoms. The highest BCUT2D eigenvalue weighted by atomic mass is 35.5.